The molecule has 2 aromatic carbocycles. The van der Waals surface area contributed by atoms with E-state index in [2.05, 4.69) is 0 Å². The summed E-state index contributed by atoms with van der Waals surface area (Å²) in [5, 5.41) is 19.1. The summed E-state index contributed by atoms with van der Waals surface area (Å²) in [6.45, 7) is 3.41. The van der Waals surface area contributed by atoms with E-state index in [0.29, 0.717) is 11.1 Å². The molecule has 0 aliphatic carbocycles. The van der Waals surface area contributed by atoms with E-state index in [0.717, 1.165) is 10.9 Å². The van der Waals surface area contributed by atoms with Gasteiger partial charge in [-0.1, -0.05) is 58.0 Å². The van der Waals surface area contributed by atoms with Gasteiger partial charge in [-0.3, -0.25) is 4.79 Å². The lowest BCUT2D eigenvalue weighted by molar-refractivity contribution is 0.0696. The number of benzene rings is 2. The van der Waals surface area contributed by atoms with E-state index >= 15 is 0 Å². The number of phenolic OH excluding ortho intramolecular Hbond substituents is 1. The molecule has 1 aromatic heterocycles. The SMILES string of the molecule is Cc1c(Cl)c(Cl)c(Cl)c(Cl)c1C(=O)O.Cc1ccc(=O)ccoc2cc(O)ccc2c1. The maximum Gasteiger partial charge on any atom is 0.337 e. The van der Waals surface area contributed by atoms with Crippen molar-refractivity contribution in [2.24, 2.45) is 0 Å². The van der Waals surface area contributed by atoms with Crippen molar-refractivity contribution in [3.63, 3.8) is 0 Å². The lowest BCUT2D eigenvalue weighted by atomic mass is 10.1. The smallest absolute Gasteiger partial charge is 0.337 e. The maximum atomic E-state index is 11.3. The quantitative estimate of drug-likeness (QED) is 0.271. The Morgan fingerprint density at radius 3 is 2.16 bits per heavy atom. The van der Waals surface area contributed by atoms with Crippen molar-refractivity contribution in [2.75, 3.05) is 0 Å². The van der Waals surface area contributed by atoms with Crippen LogP contribution in [0.25, 0.3) is 11.0 Å². The molecule has 2 N–H and O–H groups in total. The third-order valence-electron chi connectivity index (χ3n) is 4.03. The molecule has 1 heterocycles. The van der Waals surface area contributed by atoms with Gasteiger partial charge in [0.25, 0.3) is 0 Å². The van der Waals surface area contributed by atoms with E-state index in [1.54, 1.807) is 18.2 Å². The first kappa shape index (κ1) is 24.8. The highest BCUT2D eigenvalue weighted by Crippen LogP contribution is 2.41. The Kier molecular flexibility index (Phi) is 8.60. The number of halogens is 4. The van der Waals surface area contributed by atoms with Crippen LogP contribution in [0.15, 0.2) is 57.9 Å². The summed E-state index contributed by atoms with van der Waals surface area (Å²) in [6, 6.07) is 11.3. The van der Waals surface area contributed by atoms with Crippen LogP contribution in [0.1, 0.15) is 21.5 Å². The molecule has 0 spiro atoms. The normalized spacial score (nSPS) is 10.1. The molecule has 3 rings (SSSR count). The zero-order valence-corrected chi connectivity index (χ0v) is 19.3. The number of rotatable bonds is 1. The van der Waals surface area contributed by atoms with Gasteiger partial charge < -0.3 is 14.6 Å². The van der Waals surface area contributed by atoms with Crippen LogP contribution >= 0.6 is 46.4 Å². The molecule has 0 saturated heterocycles. The molecule has 0 fully saturated rings. The number of aromatic hydroxyl groups is 1. The Balaban J connectivity index is 0.000000225. The van der Waals surface area contributed by atoms with Gasteiger partial charge in [-0.05, 0) is 43.7 Å². The van der Waals surface area contributed by atoms with Crippen molar-refractivity contribution in [3.8, 4) is 5.75 Å². The van der Waals surface area contributed by atoms with Gasteiger partial charge >= 0.3 is 5.97 Å². The van der Waals surface area contributed by atoms with Crippen LogP contribution in [-0.4, -0.2) is 16.2 Å². The number of hydrogen-bond acceptors (Lipinski definition) is 4. The predicted octanol–water partition coefficient (Wildman–Crippen LogP) is 7.24. The Labute approximate surface area is 197 Å². The number of carbonyl (C=O) groups is 1. The molecule has 0 aliphatic rings. The van der Waals surface area contributed by atoms with Crippen molar-refractivity contribution in [1.29, 1.82) is 0 Å². The number of carboxylic acid groups (broad SMARTS) is 1. The molecule has 0 radical (unpaired) electrons. The summed E-state index contributed by atoms with van der Waals surface area (Å²) in [7, 11) is 0. The van der Waals surface area contributed by atoms with Crippen LogP contribution in [0.3, 0.4) is 0 Å². The van der Waals surface area contributed by atoms with Gasteiger partial charge in [-0.15, -0.1) is 0 Å². The molecule has 3 aromatic rings. The standard InChI is InChI=1S/C14H12O3.C8H4Cl4O2/c1-10-2-4-12(15)6-7-17-14-9-13(16)5-3-11(14)8-10;1-2-3(8(13)14)5(10)7(12)6(11)4(2)9/h2-9,16H,1H3;1H3,(H,13,14). The van der Waals surface area contributed by atoms with Gasteiger partial charge in [0.2, 0.25) is 0 Å². The zero-order chi connectivity index (χ0) is 23.3. The minimum Gasteiger partial charge on any atom is -0.508 e. The molecule has 9 heteroatoms. The first-order valence-electron chi connectivity index (χ1n) is 8.65. The molecular formula is C22H16Cl4O5. The summed E-state index contributed by atoms with van der Waals surface area (Å²) >= 11 is 22.9. The molecule has 0 bridgehead atoms. The number of phenols is 1. The fourth-order valence-corrected chi connectivity index (χ4v) is 3.50. The van der Waals surface area contributed by atoms with E-state index in [1.165, 1.54) is 31.4 Å². The lowest BCUT2D eigenvalue weighted by Crippen LogP contribution is -2.02. The third-order valence-corrected chi connectivity index (χ3v) is 5.93. The molecule has 162 valence electrons. The number of aryl methyl sites for hydroxylation is 1. The summed E-state index contributed by atoms with van der Waals surface area (Å²) in [4.78, 5) is 22.1. The largest absolute Gasteiger partial charge is 0.508 e. The fourth-order valence-electron chi connectivity index (χ4n) is 2.48. The van der Waals surface area contributed by atoms with E-state index < -0.39 is 5.97 Å². The topological polar surface area (TPSA) is 87.7 Å². The molecule has 0 amide bonds. The van der Waals surface area contributed by atoms with E-state index in [-0.39, 0.29) is 36.8 Å². The first-order chi connectivity index (χ1) is 14.5. The first-order valence-corrected chi connectivity index (χ1v) is 10.2. The second-order valence-electron chi connectivity index (χ2n) is 6.33. The van der Waals surface area contributed by atoms with Gasteiger partial charge in [0.1, 0.15) is 11.3 Å². The monoisotopic (exact) mass is 500 g/mol. The molecular weight excluding hydrogens is 486 g/mol. The highest BCUT2D eigenvalue weighted by molar-refractivity contribution is 6.53. The number of aromatic carboxylic acids is 1. The lowest BCUT2D eigenvalue weighted by Gasteiger charge is -2.09. The van der Waals surface area contributed by atoms with Crippen LogP contribution in [0.4, 0.5) is 0 Å². The Hall–Kier alpha value is -2.44. The van der Waals surface area contributed by atoms with Crippen LogP contribution in [-0.2, 0) is 0 Å². The van der Waals surface area contributed by atoms with Crippen molar-refractivity contribution in [3.05, 3.63) is 95.7 Å². The Bertz CT molecular complexity index is 1240. The minimum absolute atomic E-state index is 0.0404. The van der Waals surface area contributed by atoms with Crippen LogP contribution in [0, 0.1) is 13.8 Å². The molecule has 0 saturated carbocycles. The zero-order valence-electron chi connectivity index (χ0n) is 16.2. The number of hydrogen-bond donors (Lipinski definition) is 2. The number of carboxylic acids is 1. The minimum atomic E-state index is -1.19. The molecule has 0 atom stereocenters. The predicted molar refractivity (Wildman–Crippen MR) is 125 cm³/mol. The average molecular weight is 502 g/mol. The van der Waals surface area contributed by atoms with Gasteiger partial charge in [-0.25, -0.2) is 4.79 Å². The summed E-state index contributed by atoms with van der Waals surface area (Å²) in [5.74, 6) is -1.06. The van der Waals surface area contributed by atoms with E-state index in [1.807, 2.05) is 13.0 Å². The van der Waals surface area contributed by atoms with E-state index in [9.17, 15) is 14.7 Å². The molecule has 0 unspecified atom stereocenters. The molecule has 31 heavy (non-hydrogen) atoms. The van der Waals surface area contributed by atoms with E-state index in [4.69, 9.17) is 55.9 Å². The number of fused-ring (bicyclic) bond motifs is 1. The van der Waals surface area contributed by atoms with Gasteiger partial charge in [0, 0.05) is 17.5 Å². The Morgan fingerprint density at radius 1 is 0.871 bits per heavy atom. The van der Waals surface area contributed by atoms with Crippen LogP contribution in [0.2, 0.25) is 20.1 Å². The Morgan fingerprint density at radius 2 is 1.52 bits per heavy atom. The van der Waals surface area contributed by atoms with Crippen molar-refractivity contribution < 1.29 is 19.4 Å². The summed E-state index contributed by atoms with van der Waals surface area (Å²) < 4.78 is 5.32. The van der Waals surface area contributed by atoms with Crippen LogP contribution < -0.4 is 5.43 Å². The van der Waals surface area contributed by atoms with Crippen molar-refractivity contribution >= 4 is 63.3 Å². The molecule has 5 nitrogen and oxygen atoms in total. The third kappa shape index (κ3) is 6.28. The maximum absolute atomic E-state index is 11.3. The van der Waals surface area contributed by atoms with Gasteiger partial charge in [0.15, 0.2) is 5.43 Å². The summed E-state index contributed by atoms with van der Waals surface area (Å²) in [5.41, 5.74) is 1.50. The van der Waals surface area contributed by atoms with Gasteiger partial charge in [0.05, 0.1) is 31.9 Å². The second-order valence-corrected chi connectivity index (χ2v) is 7.84. The average Bonchev–Trinajstić information content (AvgIpc) is 2.71. The summed E-state index contributed by atoms with van der Waals surface area (Å²) in [6.07, 6.45) is 1.32. The van der Waals surface area contributed by atoms with Crippen molar-refractivity contribution in [1.82, 2.24) is 0 Å². The highest BCUT2D eigenvalue weighted by Gasteiger charge is 2.21. The van der Waals surface area contributed by atoms with Crippen molar-refractivity contribution in [2.45, 2.75) is 13.8 Å². The fraction of sp³-hybridized carbons (Fsp3) is 0.0909. The van der Waals surface area contributed by atoms with Gasteiger partial charge in [-0.2, -0.15) is 0 Å². The molecule has 0 aliphatic heterocycles. The highest BCUT2D eigenvalue weighted by atomic mass is 35.5. The van der Waals surface area contributed by atoms with Crippen LogP contribution in [0.5, 0.6) is 5.75 Å². The second kappa shape index (κ2) is 10.7.